The van der Waals surface area contributed by atoms with Gasteiger partial charge >= 0.3 is 5.97 Å². The third-order valence-corrected chi connectivity index (χ3v) is 2.94. The maximum Gasteiger partial charge on any atom is 0.337 e. The fraction of sp³-hybridized carbons (Fsp3) is 0.286. The summed E-state index contributed by atoms with van der Waals surface area (Å²) in [5.74, 6) is -0.897. The predicted molar refractivity (Wildman–Crippen MR) is 47.9 cm³/mol. The lowest BCUT2D eigenvalue weighted by Gasteiger charge is -1.85. The summed E-state index contributed by atoms with van der Waals surface area (Å²) in [4.78, 5) is 11.6. The van der Waals surface area contributed by atoms with Crippen LogP contribution in [0.3, 0.4) is 0 Å². The topological polar surface area (TPSA) is 37.3 Å². The largest absolute Gasteiger partial charge is 0.478 e. The van der Waals surface area contributed by atoms with Crippen molar-refractivity contribution in [3.05, 3.63) is 16.5 Å². The number of carboxylic acid groups (broad SMARTS) is 1. The van der Waals surface area contributed by atoms with E-state index in [4.69, 9.17) is 5.11 Å². The Bertz CT molecular complexity index is 278. The van der Waals surface area contributed by atoms with Gasteiger partial charge in [-0.05, 0) is 12.5 Å². The smallest absolute Gasteiger partial charge is 0.337 e. The minimum Gasteiger partial charge on any atom is -0.478 e. The quantitative estimate of drug-likeness (QED) is 0.699. The van der Waals surface area contributed by atoms with Crippen LogP contribution in [0.15, 0.2) is 10.3 Å². The SMILES string of the molecule is CCc1cc(C(=O)O)c(S)s1. The van der Waals surface area contributed by atoms with Crippen LogP contribution in [-0.4, -0.2) is 11.1 Å². The molecule has 11 heavy (non-hydrogen) atoms. The van der Waals surface area contributed by atoms with Gasteiger partial charge in [-0.2, -0.15) is 0 Å². The van der Waals surface area contributed by atoms with E-state index in [1.54, 1.807) is 6.07 Å². The second-order valence-corrected chi connectivity index (χ2v) is 3.98. The van der Waals surface area contributed by atoms with Gasteiger partial charge in [-0.15, -0.1) is 24.0 Å². The summed E-state index contributed by atoms with van der Waals surface area (Å²) in [5.41, 5.74) is 0.315. The maximum atomic E-state index is 10.5. The van der Waals surface area contributed by atoms with Gasteiger partial charge in [0.1, 0.15) is 0 Å². The maximum absolute atomic E-state index is 10.5. The number of thiol groups is 1. The molecule has 1 aromatic heterocycles. The highest BCUT2D eigenvalue weighted by molar-refractivity contribution is 7.83. The monoisotopic (exact) mass is 188 g/mol. The Morgan fingerprint density at radius 2 is 2.45 bits per heavy atom. The lowest BCUT2D eigenvalue weighted by molar-refractivity contribution is 0.0694. The molecule has 0 aliphatic heterocycles. The van der Waals surface area contributed by atoms with Gasteiger partial charge in [0.05, 0.1) is 9.77 Å². The first-order valence-corrected chi connectivity index (χ1v) is 4.46. The third kappa shape index (κ3) is 1.75. The van der Waals surface area contributed by atoms with Crippen LogP contribution < -0.4 is 0 Å². The van der Waals surface area contributed by atoms with E-state index >= 15 is 0 Å². The minimum absolute atomic E-state index is 0.315. The first kappa shape index (κ1) is 8.62. The normalized spacial score (nSPS) is 10.0. The van der Waals surface area contributed by atoms with Crippen molar-refractivity contribution in [3.63, 3.8) is 0 Å². The highest BCUT2D eigenvalue weighted by Gasteiger charge is 2.10. The number of aryl methyl sites for hydroxylation is 1. The zero-order valence-electron chi connectivity index (χ0n) is 6.00. The number of carboxylic acids is 1. The second kappa shape index (κ2) is 3.28. The number of hydrogen-bond donors (Lipinski definition) is 2. The number of rotatable bonds is 2. The Kier molecular flexibility index (Phi) is 2.57. The van der Waals surface area contributed by atoms with Crippen LogP contribution in [0.1, 0.15) is 22.2 Å². The fourth-order valence-corrected chi connectivity index (χ4v) is 2.10. The van der Waals surface area contributed by atoms with Crippen LogP contribution in [0.4, 0.5) is 0 Å². The van der Waals surface area contributed by atoms with Gasteiger partial charge in [0, 0.05) is 4.88 Å². The van der Waals surface area contributed by atoms with Crippen molar-refractivity contribution in [2.24, 2.45) is 0 Å². The number of aromatic carboxylic acids is 1. The van der Waals surface area contributed by atoms with E-state index in [0.29, 0.717) is 9.77 Å². The van der Waals surface area contributed by atoms with Crippen molar-refractivity contribution in [3.8, 4) is 0 Å². The van der Waals surface area contributed by atoms with Crippen LogP contribution in [0.25, 0.3) is 0 Å². The van der Waals surface area contributed by atoms with Crippen LogP contribution in [0.5, 0.6) is 0 Å². The third-order valence-electron chi connectivity index (χ3n) is 1.34. The lowest BCUT2D eigenvalue weighted by Crippen LogP contribution is -1.93. The number of hydrogen-bond acceptors (Lipinski definition) is 3. The van der Waals surface area contributed by atoms with Gasteiger partial charge < -0.3 is 5.11 Å². The first-order chi connectivity index (χ1) is 5.15. The van der Waals surface area contributed by atoms with Gasteiger partial charge in [0.25, 0.3) is 0 Å². The molecular formula is C7H8O2S2. The first-order valence-electron chi connectivity index (χ1n) is 3.20. The standard InChI is InChI=1S/C7H8O2S2/c1-2-4-3-5(6(8)9)7(10)11-4/h3,10H,2H2,1H3,(H,8,9). The molecule has 0 amide bonds. The average molecular weight is 188 g/mol. The average Bonchev–Trinajstić information content (AvgIpc) is 2.30. The number of thiophene rings is 1. The van der Waals surface area contributed by atoms with Gasteiger partial charge in [-0.1, -0.05) is 6.92 Å². The van der Waals surface area contributed by atoms with Crippen molar-refractivity contribution in [2.75, 3.05) is 0 Å². The highest BCUT2D eigenvalue weighted by atomic mass is 32.2. The molecule has 0 atom stereocenters. The van der Waals surface area contributed by atoms with Crippen molar-refractivity contribution in [2.45, 2.75) is 17.6 Å². The molecule has 0 aliphatic rings. The molecule has 0 saturated carbocycles. The minimum atomic E-state index is -0.897. The summed E-state index contributed by atoms with van der Waals surface area (Å²) in [6.07, 6.45) is 0.867. The van der Waals surface area contributed by atoms with Gasteiger partial charge in [-0.3, -0.25) is 0 Å². The molecule has 2 nitrogen and oxygen atoms in total. The van der Waals surface area contributed by atoms with Crippen molar-refractivity contribution >= 4 is 29.9 Å². The zero-order chi connectivity index (χ0) is 8.43. The van der Waals surface area contributed by atoms with E-state index in [1.807, 2.05) is 6.92 Å². The summed E-state index contributed by atoms with van der Waals surface area (Å²) < 4.78 is 0.592. The fourth-order valence-electron chi connectivity index (χ4n) is 0.759. The molecule has 1 aromatic rings. The second-order valence-electron chi connectivity index (χ2n) is 2.09. The molecule has 0 aromatic carbocycles. The predicted octanol–water partition coefficient (Wildman–Crippen LogP) is 2.30. The molecule has 0 aliphatic carbocycles. The molecule has 1 rings (SSSR count). The number of carbonyl (C=O) groups is 1. The van der Waals surface area contributed by atoms with Crippen LogP contribution in [0, 0.1) is 0 Å². The Hall–Kier alpha value is -0.480. The van der Waals surface area contributed by atoms with Crippen LogP contribution >= 0.6 is 24.0 Å². The Morgan fingerprint density at radius 1 is 1.82 bits per heavy atom. The molecule has 0 fully saturated rings. The highest BCUT2D eigenvalue weighted by Crippen LogP contribution is 2.25. The van der Waals surface area contributed by atoms with Crippen molar-refractivity contribution in [1.29, 1.82) is 0 Å². The van der Waals surface area contributed by atoms with Crippen molar-refractivity contribution in [1.82, 2.24) is 0 Å². The Morgan fingerprint density at radius 3 is 2.73 bits per heavy atom. The summed E-state index contributed by atoms with van der Waals surface area (Å²) in [5, 5.41) is 8.63. The molecule has 1 N–H and O–H groups in total. The molecule has 0 spiro atoms. The van der Waals surface area contributed by atoms with E-state index in [0.717, 1.165) is 11.3 Å². The van der Waals surface area contributed by atoms with Gasteiger partial charge in [0.2, 0.25) is 0 Å². The van der Waals surface area contributed by atoms with E-state index in [1.165, 1.54) is 11.3 Å². The molecule has 60 valence electrons. The Labute approximate surface area is 74.3 Å². The molecule has 0 unspecified atom stereocenters. The lowest BCUT2D eigenvalue weighted by atomic mass is 10.3. The summed E-state index contributed by atoms with van der Waals surface area (Å²) in [7, 11) is 0. The Balaban J connectivity index is 3.07. The molecule has 0 saturated heterocycles. The molecule has 0 bridgehead atoms. The molecule has 1 heterocycles. The zero-order valence-corrected chi connectivity index (χ0v) is 7.71. The summed E-state index contributed by atoms with van der Waals surface area (Å²) >= 11 is 5.48. The van der Waals surface area contributed by atoms with E-state index < -0.39 is 5.97 Å². The van der Waals surface area contributed by atoms with E-state index in [9.17, 15) is 4.79 Å². The molecular weight excluding hydrogens is 180 g/mol. The van der Waals surface area contributed by atoms with Crippen LogP contribution in [-0.2, 0) is 6.42 Å². The van der Waals surface area contributed by atoms with Gasteiger partial charge in [-0.25, -0.2) is 4.79 Å². The molecule has 0 radical (unpaired) electrons. The summed E-state index contributed by atoms with van der Waals surface area (Å²) in [6.45, 7) is 1.99. The van der Waals surface area contributed by atoms with E-state index in [-0.39, 0.29) is 0 Å². The van der Waals surface area contributed by atoms with Gasteiger partial charge in [0.15, 0.2) is 0 Å². The summed E-state index contributed by atoms with van der Waals surface area (Å²) in [6, 6.07) is 1.68. The van der Waals surface area contributed by atoms with Crippen LogP contribution in [0.2, 0.25) is 0 Å². The molecule has 4 heteroatoms. The van der Waals surface area contributed by atoms with E-state index in [2.05, 4.69) is 12.6 Å². The van der Waals surface area contributed by atoms with Crippen molar-refractivity contribution < 1.29 is 9.90 Å².